The quantitative estimate of drug-likeness (QED) is 0.0566. The number of hydrogen-bond acceptors (Lipinski definition) is 18. The number of likely N-dealkylation sites (tertiary alicyclic amines) is 2. The summed E-state index contributed by atoms with van der Waals surface area (Å²) in [6, 6.07) is 0. The minimum absolute atomic E-state index is 0.00303. The molecule has 5 saturated heterocycles. The SMILES string of the molecule is CC(C)(C)NCC1CCN(CCOC(C)(C)C)CC1.CC(C)(C)NCCC1CCN(CCOC(C)(C)C)CC1.CC(C)(C)NCCN1CCCN(CCOC(C)(C)C)CC1.CC(C)(C)NCCN1CCN(CCOC(C)(C)C)CC1.CC(C)(C)OCCN1CCCN(CCOC(C)(C)C)CC1. The van der Waals surface area contributed by atoms with E-state index in [-0.39, 0.29) is 55.8 Å². The zero-order valence-electron chi connectivity index (χ0n) is 73.2. The van der Waals surface area contributed by atoms with Crippen molar-refractivity contribution in [3.05, 3.63) is 0 Å². The maximum atomic E-state index is 5.84. The first-order chi connectivity index (χ1) is 46.3. The van der Waals surface area contributed by atoms with Crippen LogP contribution in [0.2, 0.25) is 0 Å². The van der Waals surface area contributed by atoms with Gasteiger partial charge in [0.25, 0.3) is 0 Å². The monoisotopic (exact) mass is 1440 g/mol. The third-order valence-electron chi connectivity index (χ3n) is 18.2. The van der Waals surface area contributed by atoms with Crippen LogP contribution in [-0.2, 0) is 28.4 Å². The molecule has 606 valence electrons. The Bertz CT molecular complexity index is 1750. The van der Waals surface area contributed by atoms with Crippen molar-refractivity contribution in [2.45, 2.75) is 308 Å². The zero-order chi connectivity index (χ0) is 76.8. The average molecular weight is 1440 g/mol. The van der Waals surface area contributed by atoms with E-state index >= 15 is 0 Å². The highest BCUT2D eigenvalue weighted by Gasteiger charge is 2.26. The van der Waals surface area contributed by atoms with Crippen LogP contribution in [0.25, 0.3) is 0 Å². The van der Waals surface area contributed by atoms with E-state index in [0.717, 1.165) is 143 Å². The molecule has 0 aliphatic carbocycles. The first kappa shape index (κ1) is 98.3. The molecule has 0 atom stereocenters. The standard InChI is InChI=1S/C17H37N3O.C17H36N2O2.C17H36N2O.C16H35N3O.C16H34N2O/c1-16(2,3)18-8-11-19-9-7-10-20(13-12-19)14-15-21-17(4,5)6;1-16(2,3)20-14-12-18-8-7-9-19(11-10-18)13-15-21-17(4,5)6;1-16(2,3)18-10-7-15-8-11-19(12-9-15)13-14-20-17(4,5)6;1-15(2,3)17-7-8-18-9-11-19(12-10-18)13-14-20-16(4,5)6;1-15(2,3)17-13-14-7-9-18(10-8-14)11-12-19-16(4,5)6/h18H,7-15H2,1-6H3;7-15H2,1-6H3;15,18H,7-14H2,1-6H3;17H,7-14H2,1-6H3;14,17H,7-13H2,1-6H3. The highest BCUT2D eigenvalue weighted by Crippen LogP contribution is 2.22. The highest BCUT2D eigenvalue weighted by molar-refractivity contribution is 4.82. The van der Waals surface area contributed by atoms with Crippen LogP contribution >= 0.6 is 0 Å². The van der Waals surface area contributed by atoms with Gasteiger partial charge < -0.3 is 64.4 Å². The lowest BCUT2D eigenvalue weighted by Gasteiger charge is -2.35. The van der Waals surface area contributed by atoms with Crippen LogP contribution in [0.3, 0.4) is 0 Å². The second kappa shape index (κ2) is 48.7. The van der Waals surface area contributed by atoms with Gasteiger partial charge in [-0.05, 0) is 330 Å². The molecule has 0 aromatic rings. The van der Waals surface area contributed by atoms with Gasteiger partial charge in [-0.1, -0.05) is 0 Å². The summed E-state index contributed by atoms with van der Waals surface area (Å²) in [5.41, 5.74) is 0.865. The van der Waals surface area contributed by atoms with Gasteiger partial charge in [0.15, 0.2) is 0 Å². The number of nitrogens with zero attached hydrogens (tertiary/aromatic N) is 8. The van der Waals surface area contributed by atoms with Gasteiger partial charge in [0, 0.05) is 140 Å². The van der Waals surface area contributed by atoms with Crippen molar-refractivity contribution in [3.8, 4) is 0 Å². The highest BCUT2D eigenvalue weighted by atomic mass is 16.5. The molecule has 18 nitrogen and oxygen atoms in total. The van der Waals surface area contributed by atoms with E-state index in [2.05, 4.69) is 268 Å². The number of piperazine rings is 1. The van der Waals surface area contributed by atoms with Gasteiger partial charge in [0.1, 0.15) is 0 Å². The average Bonchev–Trinajstić information content (AvgIpc) is 1.52. The van der Waals surface area contributed by atoms with Crippen LogP contribution in [-0.4, -0.2) is 318 Å². The van der Waals surface area contributed by atoms with E-state index in [4.69, 9.17) is 28.4 Å². The van der Waals surface area contributed by atoms with Crippen molar-refractivity contribution in [1.29, 1.82) is 0 Å². The van der Waals surface area contributed by atoms with E-state index in [1.807, 2.05) is 0 Å². The molecule has 0 spiro atoms. The largest absolute Gasteiger partial charge is 0.375 e. The third-order valence-corrected chi connectivity index (χ3v) is 18.2. The van der Waals surface area contributed by atoms with Crippen LogP contribution in [0.1, 0.15) is 253 Å². The van der Waals surface area contributed by atoms with Gasteiger partial charge in [0.2, 0.25) is 0 Å². The fourth-order valence-corrected chi connectivity index (χ4v) is 12.3. The Labute approximate surface area is 629 Å². The van der Waals surface area contributed by atoms with Gasteiger partial charge >= 0.3 is 0 Å². The molecule has 5 rings (SSSR count). The predicted octanol–water partition coefficient (Wildman–Crippen LogP) is 12.8. The van der Waals surface area contributed by atoms with Crippen LogP contribution in [0, 0.1) is 11.8 Å². The Balaban J connectivity index is 0.000000632. The van der Waals surface area contributed by atoms with Crippen molar-refractivity contribution in [2.75, 3.05) is 223 Å². The van der Waals surface area contributed by atoms with E-state index in [1.54, 1.807) is 0 Å². The predicted molar refractivity (Wildman–Crippen MR) is 436 cm³/mol. The van der Waals surface area contributed by atoms with Gasteiger partial charge in [-0.15, -0.1) is 0 Å². The molecular formula is C83H178N12O6. The molecule has 0 aromatic carbocycles. The van der Waals surface area contributed by atoms with Crippen LogP contribution in [0.4, 0.5) is 0 Å². The van der Waals surface area contributed by atoms with Crippen LogP contribution in [0.15, 0.2) is 0 Å². The van der Waals surface area contributed by atoms with Gasteiger partial charge in [-0.2, -0.15) is 0 Å². The lowest BCUT2D eigenvalue weighted by Crippen LogP contribution is -2.50. The summed E-state index contributed by atoms with van der Waals surface area (Å²) >= 11 is 0. The molecule has 0 saturated carbocycles. The molecular weight excluding hydrogens is 1260 g/mol. The molecule has 0 radical (unpaired) electrons. The Hall–Kier alpha value is -0.720. The maximum Gasteiger partial charge on any atom is 0.0600 e. The first-order valence-electron chi connectivity index (χ1n) is 40.9. The van der Waals surface area contributed by atoms with E-state index < -0.39 is 0 Å². The van der Waals surface area contributed by atoms with Gasteiger partial charge in [-0.3, -0.25) is 24.5 Å². The van der Waals surface area contributed by atoms with Crippen LogP contribution < -0.4 is 21.3 Å². The summed E-state index contributed by atoms with van der Waals surface area (Å²) in [7, 11) is 0. The Morgan fingerprint density at radius 2 is 0.426 bits per heavy atom. The molecule has 0 amide bonds. The summed E-state index contributed by atoms with van der Waals surface area (Å²) in [6.45, 7) is 102. The molecule has 101 heavy (non-hydrogen) atoms. The van der Waals surface area contributed by atoms with Crippen molar-refractivity contribution in [3.63, 3.8) is 0 Å². The van der Waals surface area contributed by atoms with Gasteiger partial charge in [-0.25, -0.2) is 0 Å². The summed E-state index contributed by atoms with van der Waals surface area (Å²) in [5.74, 6) is 1.75. The smallest absolute Gasteiger partial charge is 0.0600 e. The Morgan fingerprint density at radius 1 is 0.228 bits per heavy atom. The lowest BCUT2D eigenvalue weighted by molar-refractivity contribution is -0.0179. The summed E-state index contributed by atoms with van der Waals surface area (Å²) in [6.07, 6.45) is 9.17. The fraction of sp³-hybridized carbons (Fsp3) is 1.00. The first-order valence-corrected chi connectivity index (χ1v) is 40.9. The lowest BCUT2D eigenvalue weighted by atomic mass is 9.93. The minimum Gasteiger partial charge on any atom is -0.375 e. The Morgan fingerprint density at radius 3 is 0.663 bits per heavy atom. The van der Waals surface area contributed by atoms with Crippen molar-refractivity contribution in [1.82, 2.24) is 60.5 Å². The van der Waals surface area contributed by atoms with E-state index in [9.17, 15) is 0 Å². The molecule has 5 aliphatic rings. The Kier molecular flexibility index (Phi) is 47.4. The number of piperidine rings is 2. The maximum absolute atomic E-state index is 5.84. The number of ether oxygens (including phenoxy) is 6. The normalized spacial score (nSPS) is 19.7. The molecule has 5 heterocycles. The summed E-state index contributed by atoms with van der Waals surface area (Å²) in [4.78, 5) is 20.3. The minimum atomic E-state index is -0.0256. The number of rotatable bonds is 29. The van der Waals surface area contributed by atoms with Gasteiger partial charge in [0.05, 0.1) is 73.2 Å². The molecule has 18 heteroatoms. The van der Waals surface area contributed by atoms with E-state index in [1.165, 1.54) is 137 Å². The fourth-order valence-electron chi connectivity index (χ4n) is 12.3. The number of hydrogen-bond donors (Lipinski definition) is 4. The van der Waals surface area contributed by atoms with Crippen molar-refractivity contribution in [2.24, 2.45) is 11.8 Å². The zero-order valence-corrected chi connectivity index (χ0v) is 73.2. The summed E-state index contributed by atoms with van der Waals surface area (Å²) < 4.78 is 34.9. The molecule has 0 bridgehead atoms. The molecule has 0 unspecified atom stereocenters. The second-order valence-corrected chi connectivity index (χ2v) is 40.0. The number of nitrogens with one attached hydrogen (secondary N) is 4. The summed E-state index contributed by atoms with van der Waals surface area (Å²) in [5, 5.41) is 14.4. The second-order valence-electron chi connectivity index (χ2n) is 40.0. The molecule has 4 N–H and O–H groups in total. The van der Waals surface area contributed by atoms with Crippen LogP contribution in [0.5, 0.6) is 0 Å². The third kappa shape index (κ3) is 64.9. The van der Waals surface area contributed by atoms with Crippen molar-refractivity contribution < 1.29 is 28.4 Å². The molecule has 5 fully saturated rings. The van der Waals surface area contributed by atoms with E-state index in [0.29, 0.717) is 0 Å². The topological polar surface area (TPSA) is 129 Å². The van der Waals surface area contributed by atoms with Crippen molar-refractivity contribution >= 4 is 0 Å². The molecule has 0 aromatic heterocycles. The molecule has 5 aliphatic heterocycles.